The van der Waals surface area contributed by atoms with Crippen LogP contribution in [0.1, 0.15) is 16.1 Å². The van der Waals surface area contributed by atoms with Crippen LogP contribution in [0.3, 0.4) is 0 Å². The number of aromatic nitrogens is 1. The maximum absolute atomic E-state index is 11.7. The summed E-state index contributed by atoms with van der Waals surface area (Å²) in [4.78, 5) is 17.1. The Balaban J connectivity index is 1.86. The molecule has 0 bridgehead atoms. The van der Waals surface area contributed by atoms with Gasteiger partial charge in [0.25, 0.3) is 5.91 Å². The molecule has 2 rings (SSSR count). The predicted molar refractivity (Wildman–Crippen MR) is 76.9 cm³/mol. The molecule has 5 heteroatoms. The minimum Gasteiger partial charge on any atom is -0.484 e. The summed E-state index contributed by atoms with van der Waals surface area (Å²) in [5.74, 6) is 0.488. The Hall–Kier alpha value is -1.88. The summed E-state index contributed by atoms with van der Waals surface area (Å²) in [6, 6.07) is 7.59. The van der Waals surface area contributed by atoms with Crippen LogP contribution in [0.2, 0.25) is 0 Å². The van der Waals surface area contributed by atoms with Gasteiger partial charge in [0.15, 0.2) is 11.7 Å². The zero-order chi connectivity index (χ0) is 13.8. The topological polar surface area (TPSA) is 51.2 Å². The second-order valence-corrected chi connectivity index (χ2v) is 5.51. The smallest absolute Gasteiger partial charge is 0.264 e. The molecule has 4 nitrogen and oxygen atoms in total. The third-order valence-electron chi connectivity index (χ3n) is 2.67. The molecule has 100 valence electrons. The lowest BCUT2D eigenvalue weighted by molar-refractivity contribution is -0.118. The van der Waals surface area contributed by atoms with E-state index >= 15 is 0 Å². The largest absolute Gasteiger partial charge is 0.484 e. The highest BCUT2D eigenvalue weighted by atomic mass is 32.1. The summed E-state index contributed by atoms with van der Waals surface area (Å²) in [6.07, 6.45) is 0. The van der Waals surface area contributed by atoms with Gasteiger partial charge in [-0.15, -0.1) is 11.3 Å². The van der Waals surface area contributed by atoms with Crippen molar-refractivity contribution in [1.29, 1.82) is 0 Å². The van der Waals surface area contributed by atoms with Crippen molar-refractivity contribution in [3.05, 3.63) is 40.4 Å². The third kappa shape index (κ3) is 3.79. The van der Waals surface area contributed by atoms with E-state index in [1.54, 1.807) is 0 Å². The van der Waals surface area contributed by atoms with E-state index in [1.807, 2.05) is 45.0 Å². The minimum absolute atomic E-state index is 0.0132. The van der Waals surface area contributed by atoms with Crippen molar-refractivity contribution < 1.29 is 9.53 Å². The first-order valence-corrected chi connectivity index (χ1v) is 6.79. The summed E-state index contributed by atoms with van der Waals surface area (Å²) in [5, 5.41) is 3.35. The van der Waals surface area contributed by atoms with Gasteiger partial charge in [-0.2, -0.15) is 0 Å². The van der Waals surface area contributed by atoms with Crippen molar-refractivity contribution in [2.45, 2.75) is 20.8 Å². The van der Waals surface area contributed by atoms with Gasteiger partial charge >= 0.3 is 0 Å². The first-order valence-electron chi connectivity index (χ1n) is 5.98. The summed E-state index contributed by atoms with van der Waals surface area (Å²) in [7, 11) is 0. The zero-order valence-corrected chi connectivity index (χ0v) is 12.0. The van der Waals surface area contributed by atoms with Crippen LogP contribution < -0.4 is 10.1 Å². The van der Waals surface area contributed by atoms with Gasteiger partial charge in [0.05, 0.1) is 5.69 Å². The number of hydrogen-bond acceptors (Lipinski definition) is 4. The number of benzene rings is 1. The third-order valence-corrected chi connectivity index (χ3v) is 3.65. The van der Waals surface area contributed by atoms with Crippen molar-refractivity contribution in [3.8, 4) is 5.75 Å². The van der Waals surface area contributed by atoms with Crippen LogP contribution in [0, 0.1) is 20.8 Å². The molecule has 0 atom stereocenters. The van der Waals surface area contributed by atoms with Crippen LogP contribution in [0.5, 0.6) is 5.75 Å². The van der Waals surface area contributed by atoms with E-state index < -0.39 is 0 Å². The molecule has 1 heterocycles. The Morgan fingerprint density at radius 1 is 1.26 bits per heavy atom. The zero-order valence-electron chi connectivity index (χ0n) is 11.2. The van der Waals surface area contributed by atoms with Crippen LogP contribution in [-0.4, -0.2) is 17.5 Å². The van der Waals surface area contributed by atoms with Crippen molar-refractivity contribution >= 4 is 22.4 Å². The predicted octanol–water partition coefficient (Wildman–Crippen LogP) is 3.09. The van der Waals surface area contributed by atoms with Gasteiger partial charge < -0.3 is 4.74 Å². The number of nitrogens with zero attached hydrogens (tertiary/aromatic N) is 1. The lowest BCUT2D eigenvalue weighted by Crippen LogP contribution is -2.20. The molecule has 0 spiro atoms. The van der Waals surface area contributed by atoms with Gasteiger partial charge in [-0.25, -0.2) is 4.98 Å². The second kappa shape index (κ2) is 5.84. The van der Waals surface area contributed by atoms with Crippen molar-refractivity contribution in [1.82, 2.24) is 4.98 Å². The van der Waals surface area contributed by atoms with Crippen molar-refractivity contribution in [2.75, 3.05) is 11.9 Å². The highest BCUT2D eigenvalue weighted by Crippen LogP contribution is 2.21. The first kappa shape index (κ1) is 13.5. The standard InChI is InChI=1S/C14H16N2O2S/c1-9-4-6-12(7-5-9)18-8-13(17)16-14-15-10(2)11(3)19-14/h4-7H,8H2,1-3H3,(H,15,16,17). The molecule has 1 aromatic carbocycles. The number of ether oxygens (including phenoxy) is 1. The average molecular weight is 276 g/mol. The number of aryl methyl sites for hydroxylation is 3. The Morgan fingerprint density at radius 2 is 1.95 bits per heavy atom. The Morgan fingerprint density at radius 3 is 2.53 bits per heavy atom. The number of amides is 1. The van der Waals surface area contributed by atoms with Gasteiger partial charge in [-0.05, 0) is 32.9 Å². The minimum atomic E-state index is -0.200. The van der Waals surface area contributed by atoms with Gasteiger partial charge in [-0.3, -0.25) is 10.1 Å². The molecule has 1 N–H and O–H groups in total. The van der Waals surface area contributed by atoms with E-state index in [-0.39, 0.29) is 12.5 Å². The quantitative estimate of drug-likeness (QED) is 0.933. The molecule has 19 heavy (non-hydrogen) atoms. The molecule has 2 aromatic rings. The lowest BCUT2D eigenvalue weighted by Gasteiger charge is -2.05. The fourth-order valence-electron chi connectivity index (χ4n) is 1.46. The van der Waals surface area contributed by atoms with Crippen LogP contribution in [0.15, 0.2) is 24.3 Å². The number of carbonyl (C=O) groups is 1. The molecular formula is C14H16N2O2S. The second-order valence-electron chi connectivity index (χ2n) is 4.31. The number of rotatable bonds is 4. The summed E-state index contributed by atoms with van der Waals surface area (Å²) in [5.41, 5.74) is 2.10. The maximum atomic E-state index is 11.7. The van der Waals surface area contributed by atoms with Crippen molar-refractivity contribution in [2.24, 2.45) is 0 Å². The van der Waals surface area contributed by atoms with Crippen LogP contribution in [0.4, 0.5) is 5.13 Å². The van der Waals surface area contributed by atoms with Crippen molar-refractivity contribution in [3.63, 3.8) is 0 Å². The summed E-state index contributed by atoms with van der Waals surface area (Å²) < 4.78 is 5.40. The average Bonchev–Trinajstić information content (AvgIpc) is 2.67. The molecule has 0 saturated heterocycles. The van der Waals surface area contributed by atoms with E-state index in [0.29, 0.717) is 10.9 Å². The van der Waals surface area contributed by atoms with E-state index in [0.717, 1.165) is 16.1 Å². The fourth-order valence-corrected chi connectivity index (χ4v) is 2.30. The highest BCUT2D eigenvalue weighted by Gasteiger charge is 2.08. The van der Waals surface area contributed by atoms with E-state index in [9.17, 15) is 4.79 Å². The first-order chi connectivity index (χ1) is 9.04. The van der Waals surface area contributed by atoms with Crippen LogP contribution >= 0.6 is 11.3 Å². The molecule has 0 unspecified atom stereocenters. The SMILES string of the molecule is Cc1ccc(OCC(=O)Nc2nc(C)c(C)s2)cc1. The van der Waals surface area contributed by atoms with E-state index in [1.165, 1.54) is 11.3 Å². The number of carbonyl (C=O) groups excluding carboxylic acids is 1. The monoisotopic (exact) mass is 276 g/mol. The number of anilines is 1. The molecule has 1 aromatic heterocycles. The number of hydrogen-bond donors (Lipinski definition) is 1. The van der Waals surface area contributed by atoms with Gasteiger partial charge in [-0.1, -0.05) is 17.7 Å². The molecule has 0 radical (unpaired) electrons. The molecule has 0 fully saturated rings. The molecular weight excluding hydrogens is 260 g/mol. The molecule has 1 amide bonds. The van der Waals surface area contributed by atoms with E-state index in [2.05, 4.69) is 10.3 Å². The Kier molecular flexibility index (Phi) is 4.16. The molecule has 0 aliphatic rings. The summed E-state index contributed by atoms with van der Waals surface area (Å²) >= 11 is 1.47. The Labute approximate surface area is 116 Å². The number of thiazole rings is 1. The molecule has 0 aliphatic carbocycles. The Bertz CT molecular complexity index is 556. The molecule has 0 saturated carbocycles. The lowest BCUT2D eigenvalue weighted by atomic mass is 10.2. The van der Waals surface area contributed by atoms with Gasteiger partial charge in [0.2, 0.25) is 0 Å². The fraction of sp³-hybridized carbons (Fsp3) is 0.286. The van der Waals surface area contributed by atoms with Crippen LogP contribution in [-0.2, 0) is 4.79 Å². The number of nitrogens with one attached hydrogen (secondary N) is 1. The van der Waals surface area contributed by atoms with Gasteiger partial charge in [0, 0.05) is 4.88 Å². The normalized spacial score (nSPS) is 10.3. The summed E-state index contributed by atoms with van der Waals surface area (Å²) in [6.45, 7) is 5.89. The van der Waals surface area contributed by atoms with Crippen LogP contribution in [0.25, 0.3) is 0 Å². The molecule has 0 aliphatic heterocycles. The van der Waals surface area contributed by atoms with Gasteiger partial charge in [0.1, 0.15) is 5.75 Å². The maximum Gasteiger partial charge on any atom is 0.264 e. The van der Waals surface area contributed by atoms with E-state index in [4.69, 9.17) is 4.74 Å². The highest BCUT2D eigenvalue weighted by molar-refractivity contribution is 7.15.